The van der Waals surface area contributed by atoms with E-state index in [-0.39, 0.29) is 29.5 Å². The van der Waals surface area contributed by atoms with Gasteiger partial charge in [0.25, 0.3) is 0 Å². The van der Waals surface area contributed by atoms with Gasteiger partial charge < -0.3 is 15.1 Å². The lowest BCUT2D eigenvalue weighted by Crippen LogP contribution is -2.43. The topological polar surface area (TPSA) is 35.6 Å². The maximum absolute atomic E-state index is 13.6. The Bertz CT molecular complexity index is 1070. The number of alkyl halides is 6. The first-order valence-corrected chi connectivity index (χ1v) is 11.4. The molecule has 4 nitrogen and oxygen atoms in total. The summed E-state index contributed by atoms with van der Waals surface area (Å²) in [6.07, 6.45) is -9.90. The van der Waals surface area contributed by atoms with Gasteiger partial charge in [-0.2, -0.15) is 26.3 Å². The number of rotatable bonds is 3. The van der Waals surface area contributed by atoms with Gasteiger partial charge >= 0.3 is 18.4 Å². The van der Waals surface area contributed by atoms with Crippen molar-refractivity contribution in [3.8, 4) is 0 Å². The van der Waals surface area contributed by atoms with Crippen LogP contribution in [0.4, 0.5) is 31.1 Å². The summed E-state index contributed by atoms with van der Waals surface area (Å²) in [5.74, 6) is 0.395. The van der Waals surface area contributed by atoms with Crippen LogP contribution in [0.15, 0.2) is 42.5 Å². The van der Waals surface area contributed by atoms with Crippen molar-refractivity contribution < 1.29 is 31.1 Å². The molecule has 2 aliphatic rings. The summed E-state index contributed by atoms with van der Waals surface area (Å²) in [6.45, 7) is 5.34. The lowest BCUT2D eigenvalue weighted by Gasteiger charge is -2.35. The van der Waals surface area contributed by atoms with Gasteiger partial charge in [-0.3, -0.25) is 0 Å². The van der Waals surface area contributed by atoms with E-state index in [4.69, 9.17) is 0 Å². The molecule has 0 aromatic heterocycles. The number of aryl methyl sites for hydroxylation is 1. The molecule has 2 aliphatic heterocycles. The van der Waals surface area contributed by atoms with Crippen molar-refractivity contribution in [2.24, 2.45) is 11.8 Å². The molecule has 2 aromatic carbocycles. The van der Waals surface area contributed by atoms with Gasteiger partial charge in [0, 0.05) is 32.6 Å². The number of likely N-dealkylation sites (tertiary alicyclic amines) is 1. The van der Waals surface area contributed by atoms with Gasteiger partial charge in [-0.25, -0.2) is 4.79 Å². The molecule has 0 radical (unpaired) electrons. The molecule has 4 atom stereocenters. The van der Waals surface area contributed by atoms with Crippen molar-refractivity contribution in [3.05, 3.63) is 70.3 Å². The molecule has 35 heavy (non-hydrogen) atoms. The summed E-state index contributed by atoms with van der Waals surface area (Å²) in [6, 6.07) is 7.53. The number of nitrogens with one attached hydrogen (secondary N) is 1. The highest BCUT2D eigenvalue weighted by Gasteiger charge is 2.48. The first-order valence-electron chi connectivity index (χ1n) is 11.4. The van der Waals surface area contributed by atoms with Crippen LogP contribution >= 0.6 is 0 Å². The van der Waals surface area contributed by atoms with Crippen LogP contribution in [0.2, 0.25) is 0 Å². The highest BCUT2D eigenvalue weighted by molar-refractivity contribution is 5.76. The molecule has 2 aromatic rings. The van der Waals surface area contributed by atoms with E-state index in [2.05, 4.69) is 5.32 Å². The Labute approximate surface area is 199 Å². The number of carbonyl (C=O) groups excluding carboxylic acids is 1. The Kier molecular flexibility index (Phi) is 6.54. The average molecular weight is 499 g/mol. The van der Waals surface area contributed by atoms with E-state index in [1.165, 1.54) is 18.9 Å². The predicted molar refractivity (Wildman–Crippen MR) is 118 cm³/mol. The number of urea groups is 1. The van der Waals surface area contributed by atoms with Crippen molar-refractivity contribution in [1.82, 2.24) is 15.1 Å². The van der Waals surface area contributed by atoms with Crippen LogP contribution in [-0.4, -0.2) is 42.5 Å². The number of hydrogen-bond donors (Lipinski definition) is 1. The number of fused-ring (bicyclic) bond motifs is 1. The summed E-state index contributed by atoms with van der Waals surface area (Å²) >= 11 is 0. The third-order valence-corrected chi connectivity index (χ3v) is 7.29. The first-order chi connectivity index (χ1) is 16.3. The normalized spacial score (nSPS) is 23.3. The van der Waals surface area contributed by atoms with E-state index in [9.17, 15) is 31.1 Å². The van der Waals surface area contributed by atoms with Gasteiger partial charge in [-0.05, 0) is 54.7 Å². The van der Waals surface area contributed by atoms with E-state index in [0.717, 1.165) is 24.2 Å². The number of benzene rings is 2. The van der Waals surface area contributed by atoms with Gasteiger partial charge in [0.05, 0.1) is 23.2 Å². The molecule has 2 saturated heterocycles. The Balaban J connectivity index is 1.67. The fraction of sp³-hybridized carbons (Fsp3) is 0.480. The quantitative estimate of drug-likeness (QED) is 0.523. The fourth-order valence-electron chi connectivity index (χ4n) is 5.25. The zero-order valence-electron chi connectivity index (χ0n) is 19.5. The summed E-state index contributed by atoms with van der Waals surface area (Å²) in [4.78, 5) is 16.6. The SMILES string of the molecule is Cc1ccccc1C1C2CNCC2CN1C(=O)N(C)C(C)c1cc(C(F)(F)F)cc(C(F)(F)F)c1. The maximum Gasteiger partial charge on any atom is 0.416 e. The molecule has 2 heterocycles. The molecule has 0 bridgehead atoms. The fourth-order valence-corrected chi connectivity index (χ4v) is 5.25. The first kappa shape index (κ1) is 25.3. The molecular weight excluding hydrogens is 472 g/mol. The van der Waals surface area contributed by atoms with Gasteiger partial charge in [0.2, 0.25) is 0 Å². The van der Waals surface area contributed by atoms with Crippen molar-refractivity contribution >= 4 is 6.03 Å². The van der Waals surface area contributed by atoms with Gasteiger partial charge in [-0.15, -0.1) is 0 Å². The van der Waals surface area contributed by atoms with Crippen molar-refractivity contribution in [1.29, 1.82) is 0 Å². The average Bonchev–Trinajstić information content (AvgIpc) is 3.38. The van der Waals surface area contributed by atoms with Crippen molar-refractivity contribution in [2.75, 3.05) is 26.7 Å². The number of nitrogens with zero attached hydrogens (tertiary/aromatic N) is 2. The summed E-state index contributed by atoms with van der Waals surface area (Å²) in [5, 5.41) is 3.36. The third-order valence-electron chi connectivity index (χ3n) is 7.29. The number of hydrogen-bond acceptors (Lipinski definition) is 2. The molecule has 1 N–H and O–H groups in total. The Morgan fingerprint density at radius 3 is 2.20 bits per heavy atom. The largest absolute Gasteiger partial charge is 0.416 e. The lowest BCUT2D eigenvalue weighted by molar-refractivity contribution is -0.143. The van der Waals surface area contributed by atoms with Crippen molar-refractivity contribution in [3.63, 3.8) is 0 Å². The zero-order chi connectivity index (χ0) is 25.7. The second-order valence-corrected chi connectivity index (χ2v) is 9.44. The second-order valence-electron chi connectivity index (χ2n) is 9.44. The Morgan fingerprint density at radius 2 is 1.63 bits per heavy atom. The summed E-state index contributed by atoms with van der Waals surface area (Å²) in [5.41, 5.74) is -0.997. The van der Waals surface area contributed by atoms with E-state index in [1.54, 1.807) is 4.90 Å². The molecular formula is C25H27F6N3O. The summed E-state index contributed by atoms with van der Waals surface area (Å²) < 4.78 is 80.1. The third kappa shape index (κ3) is 4.85. The maximum atomic E-state index is 13.6. The minimum Gasteiger partial charge on any atom is -0.321 e. The molecule has 190 valence electrons. The minimum absolute atomic E-state index is 0.0981. The highest BCUT2D eigenvalue weighted by Crippen LogP contribution is 2.45. The zero-order valence-corrected chi connectivity index (χ0v) is 19.5. The Morgan fingerprint density at radius 1 is 1.03 bits per heavy atom. The lowest BCUT2D eigenvalue weighted by atomic mass is 9.88. The van der Waals surface area contributed by atoms with E-state index < -0.39 is 35.6 Å². The van der Waals surface area contributed by atoms with E-state index in [1.807, 2.05) is 31.2 Å². The standard InChI is InChI=1S/C25H27F6N3O/c1-14-6-4-5-7-20(14)22-21-12-32-11-17(21)13-34(22)23(35)33(3)15(2)16-8-18(24(26,27)28)10-19(9-16)25(29,30)31/h4-10,15,17,21-22,32H,11-13H2,1-3H3. The van der Waals surface area contributed by atoms with Crippen LogP contribution in [0, 0.1) is 18.8 Å². The highest BCUT2D eigenvalue weighted by atomic mass is 19.4. The van der Waals surface area contributed by atoms with E-state index in [0.29, 0.717) is 18.7 Å². The molecule has 4 rings (SSSR count). The molecule has 0 spiro atoms. The number of carbonyl (C=O) groups is 1. The molecule has 4 unspecified atom stereocenters. The number of halogens is 6. The molecule has 2 amide bonds. The molecule has 10 heteroatoms. The summed E-state index contributed by atoms with van der Waals surface area (Å²) in [7, 11) is 1.42. The van der Waals surface area contributed by atoms with Crippen LogP contribution in [0.25, 0.3) is 0 Å². The van der Waals surface area contributed by atoms with Gasteiger partial charge in [-0.1, -0.05) is 24.3 Å². The molecule has 0 aliphatic carbocycles. The van der Waals surface area contributed by atoms with Crippen LogP contribution in [0.5, 0.6) is 0 Å². The number of amides is 2. The van der Waals surface area contributed by atoms with Crippen molar-refractivity contribution in [2.45, 2.75) is 38.3 Å². The monoisotopic (exact) mass is 499 g/mol. The smallest absolute Gasteiger partial charge is 0.321 e. The van der Waals surface area contributed by atoms with Gasteiger partial charge in [0.1, 0.15) is 0 Å². The van der Waals surface area contributed by atoms with E-state index >= 15 is 0 Å². The second kappa shape index (κ2) is 9.04. The van der Waals surface area contributed by atoms with Crippen LogP contribution in [0.1, 0.15) is 46.8 Å². The molecule has 2 fully saturated rings. The predicted octanol–water partition coefficient (Wildman–Crippen LogP) is 6.04. The van der Waals surface area contributed by atoms with Crippen LogP contribution in [0.3, 0.4) is 0 Å². The minimum atomic E-state index is -4.95. The van der Waals surface area contributed by atoms with Gasteiger partial charge in [0.15, 0.2) is 0 Å². The van der Waals surface area contributed by atoms with Crippen LogP contribution in [-0.2, 0) is 12.4 Å². The Hall–Kier alpha value is -2.75. The molecule has 0 saturated carbocycles. The van der Waals surface area contributed by atoms with Crippen LogP contribution < -0.4 is 5.32 Å².